The Hall–Kier alpha value is -2.26. The Kier molecular flexibility index (Phi) is 6.50. The standard InChI is InChI=1S/C15H20N2O4/c1-15(2,3)21-14(19)17-9-4-6-12-13(20-11-10-18)7-5-8-16-12/h5,7-8,18H,9-11H2,1-3H3,(H,17,19). The highest BCUT2D eigenvalue weighted by atomic mass is 16.6. The highest BCUT2D eigenvalue weighted by Crippen LogP contribution is 2.13. The molecule has 0 radical (unpaired) electrons. The molecule has 1 amide bonds. The van der Waals surface area contributed by atoms with Crippen molar-refractivity contribution in [1.82, 2.24) is 10.3 Å². The molecule has 6 heteroatoms. The van der Waals surface area contributed by atoms with E-state index in [9.17, 15) is 4.79 Å². The van der Waals surface area contributed by atoms with E-state index < -0.39 is 11.7 Å². The van der Waals surface area contributed by atoms with Crippen LogP contribution in [0.3, 0.4) is 0 Å². The van der Waals surface area contributed by atoms with E-state index in [1.165, 1.54) is 0 Å². The second-order valence-electron chi connectivity index (χ2n) is 5.08. The Labute approximate surface area is 124 Å². The summed E-state index contributed by atoms with van der Waals surface area (Å²) in [5.74, 6) is 6.07. The normalized spacial score (nSPS) is 10.3. The molecule has 1 rings (SSSR count). The lowest BCUT2D eigenvalue weighted by molar-refractivity contribution is 0.0535. The van der Waals surface area contributed by atoms with Crippen molar-refractivity contribution in [2.75, 3.05) is 19.8 Å². The van der Waals surface area contributed by atoms with Crippen LogP contribution in [-0.4, -0.2) is 41.5 Å². The van der Waals surface area contributed by atoms with E-state index in [1.54, 1.807) is 39.1 Å². The van der Waals surface area contributed by atoms with Gasteiger partial charge in [0.2, 0.25) is 0 Å². The topological polar surface area (TPSA) is 80.7 Å². The highest BCUT2D eigenvalue weighted by molar-refractivity contribution is 5.68. The van der Waals surface area contributed by atoms with Crippen LogP contribution in [0.2, 0.25) is 0 Å². The van der Waals surface area contributed by atoms with Crippen LogP contribution in [0.5, 0.6) is 5.75 Å². The number of amides is 1. The fourth-order valence-corrected chi connectivity index (χ4v) is 1.31. The van der Waals surface area contributed by atoms with Gasteiger partial charge in [-0.15, -0.1) is 0 Å². The molecule has 114 valence electrons. The van der Waals surface area contributed by atoms with Crippen molar-refractivity contribution >= 4 is 6.09 Å². The van der Waals surface area contributed by atoms with Crippen LogP contribution in [0.4, 0.5) is 4.79 Å². The van der Waals surface area contributed by atoms with Crippen molar-refractivity contribution in [3.05, 3.63) is 24.0 Å². The van der Waals surface area contributed by atoms with Gasteiger partial charge in [0, 0.05) is 6.20 Å². The number of aliphatic hydroxyl groups excluding tert-OH is 1. The van der Waals surface area contributed by atoms with E-state index in [0.29, 0.717) is 11.4 Å². The van der Waals surface area contributed by atoms with Gasteiger partial charge in [0.05, 0.1) is 13.2 Å². The zero-order valence-electron chi connectivity index (χ0n) is 12.5. The van der Waals surface area contributed by atoms with Crippen molar-refractivity contribution in [2.24, 2.45) is 0 Å². The van der Waals surface area contributed by atoms with Crippen LogP contribution in [0.15, 0.2) is 18.3 Å². The first-order chi connectivity index (χ1) is 9.92. The Balaban J connectivity index is 2.53. The lowest BCUT2D eigenvalue weighted by atomic mass is 10.2. The minimum Gasteiger partial charge on any atom is -0.488 e. The molecule has 21 heavy (non-hydrogen) atoms. The first kappa shape index (κ1) is 16.8. The fraction of sp³-hybridized carbons (Fsp3) is 0.467. The van der Waals surface area contributed by atoms with Crippen LogP contribution >= 0.6 is 0 Å². The summed E-state index contributed by atoms with van der Waals surface area (Å²) >= 11 is 0. The smallest absolute Gasteiger partial charge is 0.408 e. The molecule has 0 saturated carbocycles. The van der Waals surface area contributed by atoms with Gasteiger partial charge in [-0.25, -0.2) is 9.78 Å². The number of hydrogen-bond donors (Lipinski definition) is 2. The molecule has 0 saturated heterocycles. The van der Waals surface area contributed by atoms with Crippen molar-refractivity contribution in [3.8, 4) is 17.6 Å². The number of nitrogens with zero attached hydrogens (tertiary/aromatic N) is 1. The highest BCUT2D eigenvalue weighted by Gasteiger charge is 2.15. The lowest BCUT2D eigenvalue weighted by Crippen LogP contribution is -2.32. The first-order valence-electron chi connectivity index (χ1n) is 6.57. The van der Waals surface area contributed by atoms with Crippen molar-refractivity contribution < 1.29 is 19.4 Å². The Morgan fingerprint density at radius 1 is 1.48 bits per heavy atom. The molecule has 0 spiro atoms. The van der Waals surface area contributed by atoms with Gasteiger partial charge in [-0.05, 0) is 38.8 Å². The number of nitrogens with one attached hydrogen (secondary N) is 1. The molecule has 0 aromatic carbocycles. The Bertz CT molecular complexity index is 526. The van der Waals surface area contributed by atoms with Crippen LogP contribution in [0, 0.1) is 11.8 Å². The number of pyridine rings is 1. The zero-order chi connectivity index (χ0) is 15.7. The van der Waals surface area contributed by atoms with Gasteiger partial charge in [0.1, 0.15) is 12.2 Å². The Morgan fingerprint density at radius 2 is 2.24 bits per heavy atom. The molecule has 0 unspecified atom stereocenters. The molecule has 0 aliphatic carbocycles. The van der Waals surface area contributed by atoms with Gasteiger partial charge in [0.25, 0.3) is 0 Å². The quantitative estimate of drug-likeness (QED) is 0.818. The summed E-state index contributed by atoms with van der Waals surface area (Å²) in [6.07, 6.45) is 1.08. The number of carbonyl (C=O) groups is 1. The van der Waals surface area contributed by atoms with E-state index in [0.717, 1.165) is 0 Å². The second kappa shape index (κ2) is 8.12. The van der Waals surface area contributed by atoms with Gasteiger partial charge in [-0.1, -0.05) is 5.92 Å². The van der Waals surface area contributed by atoms with Gasteiger partial charge >= 0.3 is 6.09 Å². The molecule has 0 aliphatic heterocycles. The molecule has 0 aliphatic rings. The summed E-state index contributed by atoms with van der Waals surface area (Å²) in [5, 5.41) is 11.3. The third kappa shape index (κ3) is 7.18. The largest absolute Gasteiger partial charge is 0.488 e. The fourth-order valence-electron chi connectivity index (χ4n) is 1.31. The van der Waals surface area contributed by atoms with E-state index >= 15 is 0 Å². The minimum atomic E-state index is -0.538. The molecule has 0 bridgehead atoms. The van der Waals surface area contributed by atoms with Crippen molar-refractivity contribution in [1.29, 1.82) is 0 Å². The molecule has 0 fully saturated rings. The number of alkyl carbamates (subject to hydrolysis) is 1. The molecule has 1 aromatic heterocycles. The van der Waals surface area contributed by atoms with Gasteiger partial charge in [-0.2, -0.15) is 0 Å². The number of rotatable bonds is 4. The maximum absolute atomic E-state index is 11.4. The van der Waals surface area contributed by atoms with Crippen molar-refractivity contribution in [3.63, 3.8) is 0 Å². The molecule has 0 atom stereocenters. The summed E-state index contributed by atoms with van der Waals surface area (Å²) in [5.41, 5.74) is -0.0824. The van der Waals surface area contributed by atoms with Gasteiger partial charge < -0.3 is 19.9 Å². The number of hydrogen-bond acceptors (Lipinski definition) is 5. The van der Waals surface area contributed by atoms with E-state index in [-0.39, 0.29) is 19.8 Å². The molecular formula is C15H20N2O4. The van der Waals surface area contributed by atoms with E-state index in [2.05, 4.69) is 22.1 Å². The lowest BCUT2D eigenvalue weighted by Gasteiger charge is -2.19. The third-order valence-corrected chi connectivity index (χ3v) is 2.05. The number of ether oxygens (including phenoxy) is 2. The van der Waals surface area contributed by atoms with Gasteiger partial charge in [0.15, 0.2) is 11.4 Å². The summed E-state index contributed by atoms with van der Waals surface area (Å²) < 4.78 is 10.4. The average Bonchev–Trinajstić information content (AvgIpc) is 2.40. The molecule has 1 aromatic rings. The number of carbonyl (C=O) groups excluding carboxylic acids is 1. The SMILES string of the molecule is CC(C)(C)OC(=O)NCC#Cc1ncccc1OCCO. The zero-order valence-corrected chi connectivity index (χ0v) is 12.5. The van der Waals surface area contributed by atoms with E-state index in [4.69, 9.17) is 14.6 Å². The maximum atomic E-state index is 11.4. The summed E-state index contributed by atoms with van der Waals surface area (Å²) in [7, 11) is 0. The summed E-state index contributed by atoms with van der Waals surface area (Å²) in [6, 6.07) is 3.44. The van der Waals surface area contributed by atoms with Crippen LogP contribution < -0.4 is 10.1 Å². The summed E-state index contributed by atoms with van der Waals surface area (Å²) in [6.45, 7) is 5.61. The molecule has 1 heterocycles. The Morgan fingerprint density at radius 3 is 2.90 bits per heavy atom. The van der Waals surface area contributed by atoms with Gasteiger partial charge in [-0.3, -0.25) is 0 Å². The van der Waals surface area contributed by atoms with Crippen LogP contribution in [0.1, 0.15) is 26.5 Å². The van der Waals surface area contributed by atoms with E-state index in [1.807, 2.05) is 0 Å². The third-order valence-electron chi connectivity index (χ3n) is 2.05. The monoisotopic (exact) mass is 292 g/mol. The second-order valence-corrected chi connectivity index (χ2v) is 5.08. The maximum Gasteiger partial charge on any atom is 0.408 e. The number of aromatic nitrogens is 1. The average molecular weight is 292 g/mol. The minimum absolute atomic E-state index is 0.0814. The van der Waals surface area contributed by atoms with Crippen molar-refractivity contribution in [2.45, 2.75) is 26.4 Å². The molecule has 2 N–H and O–H groups in total. The first-order valence-corrected chi connectivity index (χ1v) is 6.57. The predicted molar refractivity (Wildman–Crippen MR) is 77.9 cm³/mol. The number of aliphatic hydroxyl groups is 1. The van der Waals surface area contributed by atoms with Crippen LogP contribution in [0.25, 0.3) is 0 Å². The van der Waals surface area contributed by atoms with Crippen LogP contribution in [-0.2, 0) is 4.74 Å². The molecule has 6 nitrogen and oxygen atoms in total. The molecular weight excluding hydrogens is 272 g/mol. The predicted octanol–water partition coefficient (Wildman–Crippen LogP) is 1.33. The summed E-state index contributed by atoms with van der Waals surface area (Å²) in [4.78, 5) is 15.5.